The van der Waals surface area contributed by atoms with Crippen molar-refractivity contribution in [1.29, 1.82) is 0 Å². The van der Waals surface area contributed by atoms with E-state index >= 15 is 0 Å². The first-order valence-electron chi connectivity index (χ1n) is 13.3. The molecule has 40 heavy (non-hydrogen) atoms. The van der Waals surface area contributed by atoms with Gasteiger partial charge in [-0.2, -0.15) is 10.2 Å². The van der Waals surface area contributed by atoms with Crippen LogP contribution in [0.25, 0.3) is 0 Å². The average Bonchev–Trinajstić information content (AvgIpc) is 2.97. The Labute approximate surface area is 237 Å². The van der Waals surface area contributed by atoms with Crippen molar-refractivity contribution < 1.29 is 19.1 Å². The zero-order chi connectivity index (χ0) is 29.3. The number of hydrazone groups is 2. The van der Waals surface area contributed by atoms with Gasteiger partial charge < -0.3 is 19.3 Å². The molecule has 0 saturated carbocycles. The van der Waals surface area contributed by atoms with E-state index in [-0.39, 0.29) is 0 Å². The highest BCUT2D eigenvalue weighted by Gasteiger charge is 2.13. The third kappa shape index (κ3) is 9.30. The molecule has 0 atom stereocenters. The Morgan fingerprint density at radius 2 is 1.10 bits per heavy atom. The van der Waals surface area contributed by atoms with E-state index in [1.54, 1.807) is 12.2 Å². The number of carbonyl (C=O) groups excluding carboxylic acids is 2. The van der Waals surface area contributed by atoms with Crippen molar-refractivity contribution in [2.45, 2.75) is 27.7 Å². The van der Waals surface area contributed by atoms with Crippen LogP contribution in [-0.2, 0) is 9.59 Å². The number of ether oxygens (including phenoxy) is 2. The predicted molar refractivity (Wildman–Crippen MR) is 163 cm³/mol. The lowest BCUT2D eigenvalue weighted by atomic mass is 10.2. The maximum Gasteiger partial charge on any atom is 0.331 e. The van der Waals surface area contributed by atoms with Crippen molar-refractivity contribution in [3.05, 3.63) is 72.8 Å². The van der Waals surface area contributed by atoms with Gasteiger partial charge in [-0.15, -0.1) is 0 Å². The highest BCUT2D eigenvalue weighted by Crippen LogP contribution is 2.26. The van der Waals surface area contributed by atoms with Crippen LogP contribution in [-0.4, -0.2) is 63.6 Å². The molecule has 0 saturated heterocycles. The molecule has 0 aliphatic rings. The van der Waals surface area contributed by atoms with E-state index in [1.807, 2.05) is 36.4 Å². The number of amides is 2. The summed E-state index contributed by atoms with van der Waals surface area (Å²) in [7, 11) is 0. The molecule has 10 nitrogen and oxygen atoms in total. The maximum atomic E-state index is 12.2. The molecule has 214 valence electrons. The van der Waals surface area contributed by atoms with E-state index in [1.165, 1.54) is 12.4 Å². The van der Waals surface area contributed by atoms with Gasteiger partial charge in [-0.05, 0) is 52.0 Å². The van der Waals surface area contributed by atoms with Gasteiger partial charge in [0.25, 0.3) is 0 Å². The van der Waals surface area contributed by atoms with Gasteiger partial charge in [-0.25, -0.2) is 10.9 Å². The first kappa shape index (κ1) is 31.6. The fourth-order valence-electron chi connectivity index (χ4n) is 3.80. The molecular formula is C30H40N6O4. The SMILES string of the molecule is C=CCOc1cc(N(CC)CC)ccc1C=NNC(=O)C(=O)NN=Cc1ccc(N(CC)CC)cc1OCC=C. The molecule has 10 heteroatoms. The summed E-state index contributed by atoms with van der Waals surface area (Å²) in [4.78, 5) is 28.9. The number of rotatable bonds is 16. The van der Waals surface area contributed by atoms with E-state index in [0.717, 1.165) is 37.6 Å². The Morgan fingerprint density at radius 3 is 1.43 bits per heavy atom. The standard InChI is InChI=1S/C30H40N6O4/c1-7-17-39-27-19-25(35(9-3)10-4)15-13-23(27)21-31-33-29(37)30(38)34-32-22-24-14-16-26(36(11-5)12-6)20-28(24)40-18-8-2/h7-8,13-16,19-22H,1-2,9-12,17-18H2,3-6H3,(H,33,37)(H,34,38). The monoisotopic (exact) mass is 548 g/mol. The van der Waals surface area contributed by atoms with Crippen LogP contribution in [0.1, 0.15) is 38.8 Å². The third-order valence-corrected chi connectivity index (χ3v) is 5.91. The number of anilines is 2. The fourth-order valence-corrected chi connectivity index (χ4v) is 3.80. The molecule has 0 bridgehead atoms. The van der Waals surface area contributed by atoms with Crippen molar-refractivity contribution in [3.8, 4) is 11.5 Å². The minimum atomic E-state index is -0.971. The van der Waals surface area contributed by atoms with Crippen molar-refractivity contribution in [1.82, 2.24) is 10.9 Å². The van der Waals surface area contributed by atoms with Gasteiger partial charge in [0.05, 0.1) is 12.4 Å². The number of benzene rings is 2. The van der Waals surface area contributed by atoms with Gasteiger partial charge in [0.2, 0.25) is 0 Å². The van der Waals surface area contributed by atoms with Crippen LogP contribution in [0.4, 0.5) is 11.4 Å². The third-order valence-electron chi connectivity index (χ3n) is 5.91. The van der Waals surface area contributed by atoms with Crippen molar-refractivity contribution in [3.63, 3.8) is 0 Å². The molecule has 2 aromatic rings. The molecule has 0 aliphatic carbocycles. The van der Waals surface area contributed by atoms with Crippen LogP contribution >= 0.6 is 0 Å². The van der Waals surface area contributed by atoms with Gasteiger partial charge in [-0.1, -0.05) is 25.3 Å². The molecule has 0 unspecified atom stereocenters. The molecule has 0 aromatic heterocycles. The lowest BCUT2D eigenvalue weighted by Crippen LogP contribution is -2.35. The summed E-state index contributed by atoms with van der Waals surface area (Å²) in [6.07, 6.45) is 6.12. The Kier molecular flexibility index (Phi) is 13.5. The quantitative estimate of drug-likeness (QED) is 0.142. The smallest absolute Gasteiger partial charge is 0.331 e. The second-order valence-corrected chi connectivity index (χ2v) is 8.39. The summed E-state index contributed by atoms with van der Waals surface area (Å²) in [5, 5.41) is 7.82. The van der Waals surface area contributed by atoms with E-state index < -0.39 is 11.8 Å². The summed E-state index contributed by atoms with van der Waals surface area (Å²) in [5.74, 6) is -0.779. The Morgan fingerprint density at radius 1 is 0.725 bits per heavy atom. The second kappa shape index (κ2) is 17.1. The fraction of sp³-hybridized carbons (Fsp3) is 0.333. The summed E-state index contributed by atoms with van der Waals surface area (Å²) >= 11 is 0. The van der Waals surface area contributed by atoms with Crippen LogP contribution in [0.5, 0.6) is 11.5 Å². The van der Waals surface area contributed by atoms with Gasteiger partial charge >= 0.3 is 11.8 Å². The van der Waals surface area contributed by atoms with Crippen molar-refractivity contribution in [2.75, 3.05) is 49.2 Å². The Balaban J connectivity index is 2.06. The van der Waals surface area contributed by atoms with Crippen LogP contribution < -0.4 is 30.1 Å². The molecule has 2 aromatic carbocycles. The number of carbonyl (C=O) groups is 2. The minimum absolute atomic E-state index is 0.313. The first-order chi connectivity index (χ1) is 19.4. The average molecular weight is 549 g/mol. The molecule has 2 amide bonds. The molecule has 0 heterocycles. The molecular weight excluding hydrogens is 508 g/mol. The normalized spacial score (nSPS) is 10.8. The minimum Gasteiger partial charge on any atom is -0.489 e. The van der Waals surface area contributed by atoms with Crippen LogP contribution in [0.3, 0.4) is 0 Å². The summed E-state index contributed by atoms with van der Waals surface area (Å²) in [5.41, 5.74) is 7.70. The van der Waals surface area contributed by atoms with Gasteiger partial charge in [0, 0.05) is 60.8 Å². The van der Waals surface area contributed by atoms with Gasteiger partial charge in [0.1, 0.15) is 24.7 Å². The molecule has 0 aliphatic heterocycles. The molecule has 2 rings (SSSR count). The van der Waals surface area contributed by atoms with Crippen molar-refractivity contribution >= 4 is 35.6 Å². The Bertz CT molecular complexity index is 1110. The van der Waals surface area contributed by atoms with Gasteiger partial charge in [-0.3, -0.25) is 9.59 Å². The zero-order valence-corrected chi connectivity index (χ0v) is 23.9. The summed E-state index contributed by atoms with van der Waals surface area (Å²) in [6, 6.07) is 11.4. The van der Waals surface area contributed by atoms with E-state index in [2.05, 4.69) is 71.7 Å². The lowest BCUT2D eigenvalue weighted by molar-refractivity contribution is -0.139. The summed E-state index contributed by atoms with van der Waals surface area (Å²) < 4.78 is 11.5. The summed E-state index contributed by atoms with van der Waals surface area (Å²) in [6.45, 7) is 19.7. The highest BCUT2D eigenvalue weighted by molar-refractivity contribution is 6.35. The number of hydrogen-bond acceptors (Lipinski definition) is 8. The molecule has 0 fully saturated rings. The first-order valence-corrected chi connectivity index (χ1v) is 13.3. The van der Waals surface area contributed by atoms with E-state index in [4.69, 9.17) is 9.47 Å². The van der Waals surface area contributed by atoms with E-state index in [9.17, 15) is 9.59 Å². The van der Waals surface area contributed by atoms with Crippen LogP contribution in [0.2, 0.25) is 0 Å². The zero-order valence-electron chi connectivity index (χ0n) is 23.9. The van der Waals surface area contributed by atoms with Crippen molar-refractivity contribution in [2.24, 2.45) is 10.2 Å². The second-order valence-electron chi connectivity index (χ2n) is 8.39. The molecule has 0 spiro atoms. The largest absolute Gasteiger partial charge is 0.489 e. The van der Waals surface area contributed by atoms with E-state index in [0.29, 0.717) is 35.8 Å². The number of nitrogens with zero attached hydrogens (tertiary/aromatic N) is 4. The topological polar surface area (TPSA) is 108 Å². The maximum absolute atomic E-state index is 12.2. The lowest BCUT2D eigenvalue weighted by Gasteiger charge is -2.22. The number of hydrogen-bond donors (Lipinski definition) is 2. The van der Waals surface area contributed by atoms with Gasteiger partial charge in [0.15, 0.2) is 0 Å². The highest BCUT2D eigenvalue weighted by atomic mass is 16.5. The molecule has 2 N–H and O–H groups in total. The Hall–Kier alpha value is -4.60. The van der Waals surface area contributed by atoms with Crippen LogP contribution in [0.15, 0.2) is 71.9 Å². The van der Waals surface area contributed by atoms with Crippen LogP contribution in [0, 0.1) is 0 Å². The number of nitrogens with one attached hydrogen (secondary N) is 2. The molecule has 0 radical (unpaired) electrons. The predicted octanol–water partition coefficient (Wildman–Crippen LogP) is 4.11.